The van der Waals surface area contributed by atoms with Gasteiger partial charge in [0.05, 0.1) is 32.0 Å². The molecule has 0 aromatic carbocycles. The van der Waals surface area contributed by atoms with Gasteiger partial charge in [-0.3, -0.25) is 24.4 Å². The van der Waals surface area contributed by atoms with Gasteiger partial charge < -0.3 is 61.1 Å². The number of amides is 4. The lowest BCUT2D eigenvalue weighted by atomic mass is 10.2. The van der Waals surface area contributed by atoms with Crippen molar-refractivity contribution in [1.29, 1.82) is 0 Å². The predicted molar refractivity (Wildman–Crippen MR) is 166 cm³/mol. The third-order valence-corrected chi connectivity index (χ3v) is 5.19. The van der Waals surface area contributed by atoms with E-state index in [2.05, 4.69) is 5.32 Å². The fourth-order valence-electron chi connectivity index (χ4n) is 3.11. The molecule has 18 heteroatoms. The molecule has 4 amide bonds. The monoisotopic (exact) mass is 676 g/mol. The molecule has 0 aliphatic rings. The number of nitrogens with zero attached hydrogens (tertiary/aromatic N) is 2. The number of aliphatic hydroxyl groups excluding tert-OH is 9. The summed E-state index contributed by atoms with van der Waals surface area (Å²) in [5.41, 5.74) is 1.45. The lowest BCUT2D eigenvalue weighted by Crippen LogP contribution is -2.40. The summed E-state index contributed by atoms with van der Waals surface area (Å²) >= 11 is 0. The summed E-state index contributed by atoms with van der Waals surface area (Å²) in [6.45, 7) is 4.12. The van der Waals surface area contributed by atoms with Crippen LogP contribution in [0.3, 0.4) is 0 Å². The molecule has 276 valence electrons. The van der Waals surface area contributed by atoms with Gasteiger partial charge in [-0.25, -0.2) is 5.48 Å². The third kappa shape index (κ3) is 39.5. The van der Waals surface area contributed by atoms with Crippen molar-refractivity contribution in [3.63, 3.8) is 0 Å². The lowest BCUT2D eigenvalue weighted by molar-refractivity contribution is -0.134. The number of hydrogen-bond acceptors (Lipinski definition) is 14. The number of aliphatic hydroxyl groups is 9. The van der Waals surface area contributed by atoms with Crippen molar-refractivity contribution in [3.05, 3.63) is 0 Å². The van der Waals surface area contributed by atoms with Crippen molar-refractivity contribution in [1.82, 2.24) is 20.6 Å². The Bertz CT molecular complexity index is 692. The van der Waals surface area contributed by atoms with Gasteiger partial charge in [0, 0.05) is 84.8 Å². The summed E-state index contributed by atoms with van der Waals surface area (Å²) < 4.78 is 0. The molecule has 18 nitrogen and oxygen atoms in total. The van der Waals surface area contributed by atoms with E-state index in [1.165, 1.54) is 15.3 Å². The molecule has 0 radical (unpaired) electrons. The topological polar surface area (TPSA) is 301 Å². The summed E-state index contributed by atoms with van der Waals surface area (Å²) in [5.74, 6) is -0.870. The standard InChI is InChI=1S/C10H21NO4.C8H17NO4.C6H13NO3.C4H9NO3/c1-8(13)6-11(7-9(2)14)10(15)4-3-5-12;10-5-1-2-8(13)9(3-6-11)4-7-12;8-4-1-2-6(10)7-3-5-9;6-3-1-2-4(7)5-8/h8-9,12-14H,3-7H2,1-2H3;10-12H,1-7H2;8-9H,1-5H2,(H,7,10);6,8H,1-3H2,(H,5,7). The van der Waals surface area contributed by atoms with Crippen molar-refractivity contribution in [3.8, 4) is 0 Å². The Labute approximate surface area is 271 Å². The second-order valence-electron chi connectivity index (χ2n) is 9.74. The molecule has 2 unspecified atom stereocenters. The Morgan fingerprint density at radius 2 is 0.913 bits per heavy atom. The maximum Gasteiger partial charge on any atom is 0.243 e. The van der Waals surface area contributed by atoms with Crippen LogP contribution in [0.5, 0.6) is 0 Å². The minimum atomic E-state index is -0.609. The molecule has 0 spiro atoms. The first-order valence-electron chi connectivity index (χ1n) is 15.2. The summed E-state index contributed by atoms with van der Waals surface area (Å²) in [4.78, 5) is 46.4. The zero-order valence-corrected chi connectivity index (χ0v) is 27.3. The van der Waals surface area contributed by atoms with E-state index in [0.717, 1.165) is 0 Å². The SMILES string of the molecule is CC(O)CN(CC(C)O)C(=O)CCCO.O=C(CCCO)N(CCO)CCO.O=C(CCCO)NCCO.O=C(CCCO)NO. The minimum Gasteiger partial charge on any atom is -0.396 e. The molecule has 0 bridgehead atoms. The van der Waals surface area contributed by atoms with Crippen LogP contribution in [0.15, 0.2) is 0 Å². The summed E-state index contributed by atoms with van der Waals surface area (Å²) in [7, 11) is 0. The van der Waals surface area contributed by atoms with Crippen molar-refractivity contribution in [2.75, 3.05) is 79.0 Å². The second-order valence-corrected chi connectivity index (χ2v) is 9.74. The molecular weight excluding hydrogens is 616 g/mol. The molecular formula is C28H60N4O14. The second kappa shape index (κ2) is 38.7. The fraction of sp³-hybridized carbons (Fsp3) is 0.857. The summed E-state index contributed by atoms with van der Waals surface area (Å²) in [6.07, 6.45) is 1.50. The van der Waals surface area contributed by atoms with Crippen LogP contribution in [0.2, 0.25) is 0 Å². The first-order valence-corrected chi connectivity index (χ1v) is 15.2. The zero-order valence-electron chi connectivity index (χ0n) is 27.3. The van der Waals surface area contributed by atoms with Crippen LogP contribution in [0.4, 0.5) is 0 Å². The highest BCUT2D eigenvalue weighted by Crippen LogP contribution is 2.02. The van der Waals surface area contributed by atoms with E-state index in [9.17, 15) is 29.4 Å². The third-order valence-electron chi connectivity index (χ3n) is 5.19. The number of hydroxylamine groups is 1. The first-order chi connectivity index (χ1) is 21.8. The Morgan fingerprint density at radius 1 is 0.543 bits per heavy atom. The van der Waals surface area contributed by atoms with Crippen LogP contribution in [-0.4, -0.2) is 176 Å². The van der Waals surface area contributed by atoms with Crippen LogP contribution in [0.25, 0.3) is 0 Å². The number of nitrogens with one attached hydrogen (secondary N) is 2. The zero-order chi connectivity index (χ0) is 36.2. The minimum absolute atomic E-state index is 0.0160. The van der Waals surface area contributed by atoms with E-state index < -0.39 is 18.1 Å². The molecule has 0 heterocycles. The average molecular weight is 677 g/mol. The number of carbonyl (C=O) groups is 4. The van der Waals surface area contributed by atoms with E-state index >= 15 is 0 Å². The van der Waals surface area contributed by atoms with E-state index in [-0.39, 0.29) is 109 Å². The van der Waals surface area contributed by atoms with Crippen LogP contribution in [0, 0.1) is 0 Å². The van der Waals surface area contributed by atoms with Crippen LogP contribution >= 0.6 is 0 Å². The van der Waals surface area contributed by atoms with Gasteiger partial charge in [0.25, 0.3) is 0 Å². The Morgan fingerprint density at radius 3 is 1.24 bits per heavy atom. The van der Waals surface area contributed by atoms with Gasteiger partial charge >= 0.3 is 0 Å². The maximum absolute atomic E-state index is 11.6. The van der Waals surface area contributed by atoms with Crippen LogP contribution in [-0.2, 0) is 19.2 Å². The summed E-state index contributed by atoms with van der Waals surface area (Å²) in [6, 6.07) is 0. The normalized spacial score (nSPS) is 11.2. The predicted octanol–water partition coefficient (Wildman–Crippen LogP) is -3.95. The van der Waals surface area contributed by atoms with Gasteiger partial charge in [0.15, 0.2) is 0 Å². The maximum atomic E-state index is 11.6. The van der Waals surface area contributed by atoms with Crippen LogP contribution < -0.4 is 10.8 Å². The fourth-order valence-corrected chi connectivity index (χ4v) is 3.11. The van der Waals surface area contributed by atoms with Crippen molar-refractivity contribution < 1.29 is 70.3 Å². The van der Waals surface area contributed by atoms with E-state index in [1.54, 1.807) is 13.8 Å². The smallest absolute Gasteiger partial charge is 0.243 e. The van der Waals surface area contributed by atoms with Gasteiger partial charge in [-0.05, 0) is 39.5 Å². The average Bonchev–Trinajstić information content (AvgIpc) is 3.02. The molecule has 0 aliphatic heterocycles. The van der Waals surface area contributed by atoms with E-state index in [0.29, 0.717) is 38.6 Å². The highest BCUT2D eigenvalue weighted by atomic mass is 16.5. The highest BCUT2D eigenvalue weighted by Gasteiger charge is 2.16. The van der Waals surface area contributed by atoms with Crippen LogP contribution in [0.1, 0.15) is 65.2 Å². The van der Waals surface area contributed by atoms with Gasteiger partial charge in [0.2, 0.25) is 23.6 Å². The largest absolute Gasteiger partial charge is 0.396 e. The molecule has 2 atom stereocenters. The summed E-state index contributed by atoms with van der Waals surface area (Å²) in [5, 5.41) is 87.8. The Hall–Kier alpha value is -2.52. The molecule has 0 aromatic rings. The molecule has 0 aliphatic carbocycles. The molecule has 0 saturated heterocycles. The van der Waals surface area contributed by atoms with Gasteiger partial charge in [0.1, 0.15) is 0 Å². The Kier molecular flexibility index (Phi) is 42.3. The van der Waals surface area contributed by atoms with E-state index in [4.69, 9.17) is 41.0 Å². The molecule has 0 fully saturated rings. The highest BCUT2D eigenvalue weighted by molar-refractivity contribution is 5.77. The molecule has 46 heavy (non-hydrogen) atoms. The molecule has 0 rings (SSSR count). The van der Waals surface area contributed by atoms with Gasteiger partial charge in [-0.1, -0.05) is 0 Å². The Balaban J connectivity index is -0.000000262. The number of hydrogen-bond donors (Lipinski definition) is 12. The van der Waals surface area contributed by atoms with Crippen molar-refractivity contribution in [2.45, 2.75) is 77.4 Å². The number of carbonyl (C=O) groups excluding carboxylic acids is 4. The van der Waals surface area contributed by atoms with Crippen molar-refractivity contribution >= 4 is 23.6 Å². The molecule has 0 saturated carbocycles. The molecule has 0 aromatic heterocycles. The number of rotatable bonds is 22. The van der Waals surface area contributed by atoms with Gasteiger partial charge in [-0.2, -0.15) is 0 Å². The lowest BCUT2D eigenvalue weighted by Gasteiger charge is -2.25. The molecule has 12 N–H and O–H groups in total. The quantitative estimate of drug-likeness (QED) is 0.0385. The van der Waals surface area contributed by atoms with Crippen molar-refractivity contribution in [2.24, 2.45) is 0 Å². The van der Waals surface area contributed by atoms with E-state index in [1.807, 2.05) is 0 Å². The van der Waals surface area contributed by atoms with Gasteiger partial charge in [-0.15, -0.1) is 0 Å². The first kappa shape index (κ1) is 50.3.